The average Bonchev–Trinajstić information content (AvgIpc) is 2.70. The van der Waals surface area contributed by atoms with Crippen LogP contribution in [0.3, 0.4) is 0 Å². The van der Waals surface area contributed by atoms with Crippen molar-refractivity contribution >= 4 is 0 Å². The fourth-order valence-corrected chi connectivity index (χ4v) is 2.84. The van der Waals surface area contributed by atoms with Crippen molar-refractivity contribution in [2.75, 3.05) is 27.2 Å². The third-order valence-corrected chi connectivity index (χ3v) is 3.89. The SMILES string of the molecule is CN(C)C1CCN(C2CCC(N)C2)C1. The molecule has 0 bridgehead atoms. The normalized spacial score (nSPS) is 39.9. The van der Waals surface area contributed by atoms with Crippen LogP contribution in [-0.2, 0) is 0 Å². The highest BCUT2D eigenvalue weighted by Crippen LogP contribution is 2.26. The van der Waals surface area contributed by atoms with Gasteiger partial charge in [0.25, 0.3) is 0 Å². The maximum absolute atomic E-state index is 5.95. The molecule has 0 aromatic rings. The van der Waals surface area contributed by atoms with Gasteiger partial charge >= 0.3 is 0 Å². The van der Waals surface area contributed by atoms with Crippen molar-refractivity contribution in [3.8, 4) is 0 Å². The van der Waals surface area contributed by atoms with Crippen LogP contribution >= 0.6 is 0 Å². The molecule has 0 radical (unpaired) electrons. The van der Waals surface area contributed by atoms with Gasteiger partial charge in [-0.2, -0.15) is 0 Å². The Balaban J connectivity index is 1.83. The molecule has 1 saturated carbocycles. The molecule has 0 amide bonds. The average molecular weight is 197 g/mol. The summed E-state index contributed by atoms with van der Waals surface area (Å²) in [4.78, 5) is 5.01. The number of hydrogen-bond acceptors (Lipinski definition) is 3. The van der Waals surface area contributed by atoms with Gasteiger partial charge in [0, 0.05) is 31.2 Å². The van der Waals surface area contributed by atoms with Crippen LogP contribution in [0.4, 0.5) is 0 Å². The molecule has 82 valence electrons. The molecule has 14 heavy (non-hydrogen) atoms. The number of nitrogens with two attached hydrogens (primary N) is 1. The maximum Gasteiger partial charge on any atom is 0.0229 e. The first-order valence-corrected chi connectivity index (χ1v) is 5.83. The van der Waals surface area contributed by atoms with Gasteiger partial charge in [-0.15, -0.1) is 0 Å². The zero-order valence-corrected chi connectivity index (χ0v) is 9.45. The number of rotatable bonds is 2. The standard InChI is InChI=1S/C11H23N3/c1-13(2)11-5-6-14(8-11)10-4-3-9(12)7-10/h9-11H,3-8,12H2,1-2H3. The van der Waals surface area contributed by atoms with E-state index in [0.717, 1.165) is 12.1 Å². The number of hydrogen-bond donors (Lipinski definition) is 1. The Bertz CT molecular complexity index is 193. The van der Waals surface area contributed by atoms with E-state index in [2.05, 4.69) is 23.9 Å². The molecule has 1 aliphatic heterocycles. The van der Waals surface area contributed by atoms with Crippen molar-refractivity contribution in [3.63, 3.8) is 0 Å². The molecule has 2 rings (SSSR count). The summed E-state index contributed by atoms with van der Waals surface area (Å²) >= 11 is 0. The third kappa shape index (κ3) is 2.10. The number of nitrogens with zero attached hydrogens (tertiary/aromatic N) is 2. The van der Waals surface area contributed by atoms with Crippen LogP contribution in [-0.4, -0.2) is 55.1 Å². The van der Waals surface area contributed by atoms with Gasteiger partial charge < -0.3 is 10.6 Å². The molecule has 1 heterocycles. The minimum Gasteiger partial charge on any atom is -0.328 e. The molecule has 0 aromatic carbocycles. The highest BCUT2D eigenvalue weighted by Gasteiger charge is 2.32. The van der Waals surface area contributed by atoms with E-state index in [-0.39, 0.29) is 0 Å². The summed E-state index contributed by atoms with van der Waals surface area (Å²) in [6.07, 6.45) is 5.11. The topological polar surface area (TPSA) is 32.5 Å². The molecule has 3 unspecified atom stereocenters. The molecular formula is C11H23N3. The van der Waals surface area contributed by atoms with Crippen LogP contribution in [0, 0.1) is 0 Å². The van der Waals surface area contributed by atoms with Crippen LogP contribution in [0.5, 0.6) is 0 Å². The highest BCUT2D eigenvalue weighted by atomic mass is 15.2. The Labute approximate surface area is 87.2 Å². The van der Waals surface area contributed by atoms with Crippen LogP contribution < -0.4 is 5.73 Å². The molecule has 2 N–H and O–H groups in total. The van der Waals surface area contributed by atoms with E-state index < -0.39 is 0 Å². The van der Waals surface area contributed by atoms with E-state index in [1.54, 1.807) is 0 Å². The summed E-state index contributed by atoms with van der Waals surface area (Å²) in [6.45, 7) is 2.53. The largest absolute Gasteiger partial charge is 0.328 e. The highest BCUT2D eigenvalue weighted by molar-refractivity contribution is 4.90. The first-order chi connectivity index (χ1) is 6.66. The second kappa shape index (κ2) is 4.17. The molecular weight excluding hydrogens is 174 g/mol. The van der Waals surface area contributed by atoms with E-state index in [1.165, 1.54) is 38.8 Å². The fourth-order valence-electron chi connectivity index (χ4n) is 2.84. The summed E-state index contributed by atoms with van der Waals surface area (Å²) in [5.41, 5.74) is 5.95. The molecule has 1 saturated heterocycles. The van der Waals surface area contributed by atoms with Crippen LogP contribution in [0.15, 0.2) is 0 Å². The predicted molar refractivity (Wildman–Crippen MR) is 59.3 cm³/mol. The summed E-state index contributed by atoms with van der Waals surface area (Å²) in [6, 6.07) is 2.03. The Kier molecular flexibility index (Phi) is 3.10. The molecule has 0 spiro atoms. The quantitative estimate of drug-likeness (QED) is 0.700. The van der Waals surface area contributed by atoms with E-state index in [9.17, 15) is 0 Å². The van der Waals surface area contributed by atoms with E-state index in [0.29, 0.717) is 6.04 Å². The van der Waals surface area contributed by atoms with Crippen molar-refractivity contribution < 1.29 is 0 Å². The smallest absolute Gasteiger partial charge is 0.0229 e. The summed E-state index contributed by atoms with van der Waals surface area (Å²) < 4.78 is 0. The lowest BCUT2D eigenvalue weighted by Gasteiger charge is -2.25. The van der Waals surface area contributed by atoms with Gasteiger partial charge in [0.2, 0.25) is 0 Å². The molecule has 2 aliphatic rings. The molecule has 3 heteroatoms. The maximum atomic E-state index is 5.95. The molecule has 3 nitrogen and oxygen atoms in total. The Morgan fingerprint density at radius 2 is 2.00 bits per heavy atom. The van der Waals surface area contributed by atoms with Gasteiger partial charge in [-0.1, -0.05) is 0 Å². The predicted octanol–water partition coefficient (Wildman–Crippen LogP) is 0.502. The Morgan fingerprint density at radius 1 is 1.21 bits per heavy atom. The van der Waals surface area contributed by atoms with Gasteiger partial charge in [-0.25, -0.2) is 0 Å². The van der Waals surface area contributed by atoms with E-state index in [4.69, 9.17) is 5.73 Å². The van der Waals surface area contributed by atoms with Gasteiger partial charge in [-0.05, 0) is 39.8 Å². The van der Waals surface area contributed by atoms with Crippen molar-refractivity contribution in [2.24, 2.45) is 5.73 Å². The molecule has 1 aliphatic carbocycles. The lowest BCUT2D eigenvalue weighted by atomic mass is 10.2. The first kappa shape index (κ1) is 10.4. The zero-order chi connectivity index (χ0) is 10.1. The van der Waals surface area contributed by atoms with Crippen molar-refractivity contribution in [1.29, 1.82) is 0 Å². The monoisotopic (exact) mass is 197 g/mol. The lowest BCUT2D eigenvalue weighted by molar-refractivity contribution is 0.216. The van der Waals surface area contributed by atoms with Gasteiger partial charge in [0.15, 0.2) is 0 Å². The summed E-state index contributed by atoms with van der Waals surface area (Å²) in [5.74, 6) is 0. The minimum absolute atomic E-state index is 0.471. The lowest BCUT2D eigenvalue weighted by Crippen LogP contribution is -2.36. The molecule has 0 aromatic heterocycles. The number of likely N-dealkylation sites (N-methyl/N-ethyl adjacent to an activating group) is 1. The summed E-state index contributed by atoms with van der Waals surface area (Å²) in [7, 11) is 4.38. The molecule has 3 atom stereocenters. The second-order valence-electron chi connectivity index (χ2n) is 5.13. The Morgan fingerprint density at radius 3 is 2.50 bits per heavy atom. The first-order valence-electron chi connectivity index (χ1n) is 5.83. The third-order valence-electron chi connectivity index (χ3n) is 3.89. The van der Waals surface area contributed by atoms with Crippen molar-refractivity contribution in [1.82, 2.24) is 9.80 Å². The van der Waals surface area contributed by atoms with Gasteiger partial charge in [0.05, 0.1) is 0 Å². The van der Waals surface area contributed by atoms with Crippen molar-refractivity contribution in [2.45, 2.75) is 43.8 Å². The van der Waals surface area contributed by atoms with E-state index in [1.807, 2.05) is 0 Å². The van der Waals surface area contributed by atoms with E-state index >= 15 is 0 Å². The zero-order valence-electron chi connectivity index (χ0n) is 9.45. The fraction of sp³-hybridized carbons (Fsp3) is 1.00. The van der Waals surface area contributed by atoms with Gasteiger partial charge in [0.1, 0.15) is 0 Å². The number of likely N-dealkylation sites (tertiary alicyclic amines) is 1. The minimum atomic E-state index is 0.471. The second-order valence-corrected chi connectivity index (χ2v) is 5.13. The molecule has 2 fully saturated rings. The Hall–Kier alpha value is -0.120. The van der Waals surface area contributed by atoms with Crippen LogP contribution in [0.1, 0.15) is 25.7 Å². The summed E-state index contributed by atoms with van der Waals surface area (Å²) in [5, 5.41) is 0. The van der Waals surface area contributed by atoms with Crippen molar-refractivity contribution in [3.05, 3.63) is 0 Å². The van der Waals surface area contributed by atoms with Gasteiger partial charge in [-0.3, -0.25) is 4.90 Å². The van der Waals surface area contributed by atoms with Crippen LogP contribution in [0.2, 0.25) is 0 Å². The van der Waals surface area contributed by atoms with Crippen LogP contribution in [0.25, 0.3) is 0 Å².